The first kappa shape index (κ1) is 23.9. The predicted molar refractivity (Wildman–Crippen MR) is 131 cm³/mol. The molecule has 0 spiro atoms. The number of nitrogens with zero attached hydrogens (tertiary/aromatic N) is 4. The van der Waals surface area contributed by atoms with Crippen LogP contribution in [0, 0.1) is 5.92 Å². The molecule has 3 heterocycles. The third kappa shape index (κ3) is 5.63. The van der Waals surface area contributed by atoms with Crippen LogP contribution in [-0.2, 0) is 9.63 Å². The third-order valence-corrected chi connectivity index (χ3v) is 6.75. The van der Waals surface area contributed by atoms with E-state index in [1.165, 1.54) is 38.6 Å². The van der Waals surface area contributed by atoms with Crippen LogP contribution in [-0.4, -0.2) is 81.7 Å². The number of carbonyl (C=O) groups excluding carboxylic acids is 1. The maximum atomic E-state index is 12.5. The van der Waals surface area contributed by atoms with E-state index in [9.17, 15) is 9.59 Å². The average Bonchev–Trinajstić information content (AvgIpc) is 3.20. The van der Waals surface area contributed by atoms with E-state index >= 15 is 0 Å². The number of aromatic nitrogens is 3. The molecule has 0 unspecified atom stereocenters. The first-order valence-electron chi connectivity index (χ1n) is 11.8. The van der Waals surface area contributed by atoms with Crippen LogP contribution in [0.1, 0.15) is 37.7 Å². The van der Waals surface area contributed by atoms with E-state index in [2.05, 4.69) is 25.0 Å². The van der Waals surface area contributed by atoms with Crippen molar-refractivity contribution >= 4 is 34.2 Å². The van der Waals surface area contributed by atoms with E-state index in [1.807, 2.05) is 29.2 Å². The Hall–Kier alpha value is -3.24. The highest BCUT2D eigenvalue weighted by molar-refractivity contribution is 5.93. The van der Waals surface area contributed by atoms with E-state index in [1.54, 1.807) is 6.21 Å². The smallest absolute Gasteiger partial charge is 0.325 e. The maximum Gasteiger partial charge on any atom is 0.325 e. The summed E-state index contributed by atoms with van der Waals surface area (Å²) in [5.74, 6) is 0.812. The van der Waals surface area contributed by atoms with Gasteiger partial charge in [-0.1, -0.05) is 30.5 Å². The zero-order valence-electron chi connectivity index (χ0n) is 19.3. The van der Waals surface area contributed by atoms with E-state index < -0.39 is 0 Å². The van der Waals surface area contributed by atoms with Gasteiger partial charge in [-0.3, -0.25) is 14.7 Å². The highest BCUT2D eigenvalue weighted by Crippen LogP contribution is 2.24. The molecule has 2 aliphatic rings. The number of H-pyrrole nitrogens is 2. The van der Waals surface area contributed by atoms with E-state index in [4.69, 9.17) is 4.84 Å². The van der Waals surface area contributed by atoms with Gasteiger partial charge in [0, 0.05) is 38.1 Å². The number of nitrogens with one attached hydrogen (secondary N) is 2. The molecule has 1 aliphatic heterocycles. The van der Waals surface area contributed by atoms with Crippen LogP contribution < -0.4 is 5.69 Å². The Kier molecular flexibility index (Phi) is 7.59. The Bertz CT molecular complexity index is 1210. The lowest BCUT2D eigenvalue weighted by Gasteiger charge is -2.37. The minimum absolute atomic E-state index is 0. The van der Waals surface area contributed by atoms with Gasteiger partial charge in [0.2, 0.25) is 0 Å². The summed E-state index contributed by atoms with van der Waals surface area (Å²) in [5.41, 5.74) is 2.50. The number of hydrogen-bond acceptors (Lipinski definition) is 6. The monoisotopic (exact) mass is 468 g/mol. The second kappa shape index (κ2) is 10.8. The summed E-state index contributed by atoms with van der Waals surface area (Å²) >= 11 is 0. The van der Waals surface area contributed by atoms with E-state index in [-0.39, 0.29) is 23.7 Å². The molecule has 1 saturated heterocycles. The molecule has 1 aromatic carbocycles. The molecule has 0 radical (unpaired) electrons. The van der Waals surface area contributed by atoms with E-state index in [0.29, 0.717) is 11.2 Å². The maximum absolute atomic E-state index is 12.5. The molecule has 0 atom stereocenters. The second-order valence-corrected chi connectivity index (χ2v) is 9.11. The number of hydrogen-bond donors (Lipinski definition) is 2. The zero-order valence-corrected chi connectivity index (χ0v) is 19.3. The number of fused-ring (bicyclic) bond motifs is 2. The van der Waals surface area contributed by atoms with Gasteiger partial charge in [-0.25, -0.2) is 9.78 Å². The Labute approximate surface area is 197 Å². The molecule has 10 heteroatoms. The SMILES string of the molecule is O.O=C(CON=Cc1ccc2nc3[nH]c(=O)[nH]c3cc2c1)N1CCN(CC2CCCCC2)CC1. The largest absolute Gasteiger partial charge is 0.412 e. The van der Waals surface area contributed by atoms with Crippen molar-refractivity contribution < 1.29 is 15.1 Å². The van der Waals surface area contributed by atoms with Crippen LogP contribution in [0.3, 0.4) is 0 Å². The molecule has 3 aromatic rings. The fourth-order valence-corrected chi connectivity index (χ4v) is 4.92. The number of aromatic amines is 2. The normalized spacial score (nSPS) is 17.9. The highest BCUT2D eigenvalue weighted by Gasteiger charge is 2.24. The summed E-state index contributed by atoms with van der Waals surface area (Å²) in [6.07, 6.45) is 8.42. The lowest BCUT2D eigenvalue weighted by atomic mass is 9.89. The molecule has 5 rings (SSSR count). The molecule has 10 nitrogen and oxygen atoms in total. The summed E-state index contributed by atoms with van der Waals surface area (Å²) < 4.78 is 0. The molecule has 1 aliphatic carbocycles. The molecular weight excluding hydrogens is 436 g/mol. The topological polar surface area (TPSA) is 138 Å². The minimum atomic E-state index is -0.279. The fourth-order valence-electron chi connectivity index (χ4n) is 4.92. The van der Waals surface area contributed by atoms with Gasteiger partial charge in [-0.05, 0) is 42.5 Å². The molecular formula is C24H32N6O4. The first-order valence-corrected chi connectivity index (χ1v) is 11.8. The number of oxime groups is 1. The Morgan fingerprint density at radius 1 is 1.12 bits per heavy atom. The van der Waals surface area contributed by atoms with Crippen molar-refractivity contribution in [2.24, 2.45) is 11.1 Å². The third-order valence-electron chi connectivity index (χ3n) is 6.75. The molecule has 2 aromatic heterocycles. The van der Waals surface area contributed by atoms with Gasteiger partial charge in [-0.2, -0.15) is 0 Å². The molecule has 0 bridgehead atoms. The number of carbonyl (C=O) groups is 1. The van der Waals surface area contributed by atoms with Crippen LogP contribution >= 0.6 is 0 Å². The number of benzene rings is 1. The number of imidazole rings is 1. The van der Waals surface area contributed by atoms with Crippen molar-refractivity contribution in [3.63, 3.8) is 0 Å². The van der Waals surface area contributed by atoms with Gasteiger partial charge in [0.1, 0.15) is 0 Å². The number of pyridine rings is 1. The molecule has 34 heavy (non-hydrogen) atoms. The summed E-state index contributed by atoms with van der Waals surface area (Å²) in [6.45, 7) is 4.51. The van der Waals surface area contributed by atoms with Crippen molar-refractivity contribution in [2.45, 2.75) is 32.1 Å². The summed E-state index contributed by atoms with van der Waals surface area (Å²) in [5, 5.41) is 4.85. The molecule has 4 N–H and O–H groups in total. The van der Waals surface area contributed by atoms with Crippen LogP contribution in [0.15, 0.2) is 34.2 Å². The van der Waals surface area contributed by atoms with Crippen LogP contribution in [0.5, 0.6) is 0 Å². The Morgan fingerprint density at radius 3 is 2.71 bits per heavy atom. The van der Waals surface area contributed by atoms with Crippen molar-refractivity contribution in [2.75, 3.05) is 39.3 Å². The lowest BCUT2D eigenvalue weighted by molar-refractivity contribution is -0.137. The van der Waals surface area contributed by atoms with Crippen molar-refractivity contribution in [3.05, 3.63) is 40.3 Å². The summed E-state index contributed by atoms with van der Waals surface area (Å²) in [4.78, 5) is 43.4. The van der Waals surface area contributed by atoms with Gasteiger partial charge in [0.25, 0.3) is 5.91 Å². The van der Waals surface area contributed by atoms with Gasteiger partial charge < -0.3 is 20.2 Å². The van der Waals surface area contributed by atoms with Gasteiger partial charge >= 0.3 is 5.69 Å². The van der Waals surface area contributed by atoms with Gasteiger partial charge in [-0.15, -0.1) is 0 Å². The van der Waals surface area contributed by atoms with Crippen LogP contribution in [0.25, 0.3) is 22.1 Å². The zero-order chi connectivity index (χ0) is 22.6. The fraction of sp³-hybridized carbons (Fsp3) is 0.500. The minimum Gasteiger partial charge on any atom is -0.412 e. The summed E-state index contributed by atoms with van der Waals surface area (Å²) in [6, 6.07) is 7.50. The molecule has 1 saturated carbocycles. The second-order valence-electron chi connectivity index (χ2n) is 9.11. The quantitative estimate of drug-likeness (QED) is 0.418. The van der Waals surface area contributed by atoms with Crippen molar-refractivity contribution in [3.8, 4) is 0 Å². The Balaban J connectivity index is 0.00000274. The molecule has 1 amide bonds. The molecule has 2 fully saturated rings. The van der Waals surface area contributed by atoms with Crippen LogP contribution in [0.2, 0.25) is 0 Å². The van der Waals surface area contributed by atoms with Gasteiger partial charge in [0.05, 0.1) is 17.2 Å². The van der Waals surface area contributed by atoms with E-state index in [0.717, 1.165) is 48.6 Å². The average molecular weight is 469 g/mol. The summed E-state index contributed by atoms with van der Waals surface area (Å²) in [7, 11) is 0. The number of amides is 1. The lowest BCUT2D eigenvalue weighted by Crippen LogP contribution is -2.50. The standard InChI is InChI=1S/C24H30N6O3.H2O/c31-22(30-10-8-29(9-11-30)15-17-4-2-1-3-5-17)16-33-25-14-18-6-7-20-19(12-18)13-21-23(26-20)28-24(32)27-21;/h6-7,12-14,17H,1-5,8-11,15-16H2,(H2,26,27,28,32);1H2. The van der Waals surface area contributed by atoms with Crippen LogP contribution in [0.4, 0.5) is 0 Å². The highest BCUT2D eigenvalue weighted by atomic mass is 16.6. The Morgan fingerprint density at radius 2 is 1.91 bits per heavy atom. The first-order chi connectivity index (χ1) is 16.1. The van der Waals surface area contributed by atoms with Gasteiger partial charge in [0.15, 0.2) is 12.3 Å². The predicted octanol–water partition coefficient (Wildman–Crippen LogP) is 1.65. The number of rotatable bonds is 6. The number of piperazine rings is 1. The van der Waals surface area contributed by atoms with Crippen molar-refractivity contribution in [1.82, 2.24) is 24.8 Å². The molecule has 182 valence electrons. The van der Waals surface area contributed by atoms with Crippen molar-refractivity contribution in [1.29, 1.82) is 0 Å².